The second-order valence-corrected chi connectivity index (χ2v) is 7.78. The van der Waals surface area contributed by atoms with E-state index in [0.29, 0.717) is 23.0 Å². The third-order valence-electron chi connectivity index (χ3n) is 5.20. The quantitative estimate of drug-likeness (QED) is 0.397. The molecule has 0 saturated heterocycles. The van der Waals surface area contributed by atoms with Crippen LogP contribution in [0.1, 0.15) is 33.6 Å². The summed E-state index contributed by atoms with van der Waals surface area (Å²) in [5.41, 5.74) is 2.13. The zero-order valence-corrected chi connectivity index (χ0v) is 19.6. The van der Waals surface area contributed by atoms with Gasteiger partial charge in [0.05, 0.1) is 29.5 Å². The molecule has 0 aliphatic rings. The number of nitrogens with zero attached hydrogens (tertiary/aromatic N) is 6. The first-order chi connectivity index (χ1) is 16.4. The van der Waals surface area contributed by atoms with Crippen molar-refractivity contribution < 1.29 is 14.3 Å². The fraction of sp³-hybridized carbons (Fsp3) is 0.227. The van der Waals surface area contributed by atoms with Gasteiger partial charge in [0, 0.05) is 24.8 Å². The molecule has 34 heavy (non-hydrogen) atoms. The van der Waals surface area contributed by atoms with E-state index in [2.05, 4.69) is 25.9 Å². The first-order valence-electron chi connectivity index (χ1n) is 10.4. The summed E-state index contributed by atoms with van der Waals surface area (Å²) in [6.45, 7) is 4.15. The van der Waals surface area contributed by atoms with Crippen LogP contribution in [0, 0.1) is 6.92 Å². The molecule has 0 atom stereocenters. The normalized spacial score (nSPS) is 10.8. The average molecular weight is 483 g/mol. The van der Waals surface area contributed by atoms with Crippen molar-refractivity contribution in [2.45, 2.75) is 27.1 Å². The first kappa shape index (κ1) is 23.1. The van der Waals surface area contributed by atoms with Crippen molar-refractivity contribution in [1.82, 2.24) is 29.3 Å². The number of nitrogens with one attached hydrogen (secondary N) is 2. The number of halogens is 1. The lowest BCUT2D eigenvalue weighted by molar-refractivity contribution is 0.100. The highest BCUT2D eigenvalue weighted by molar-refractivity contribution is 6.30. The molecule has 0 aliphatic carbocycles. The van der Waals surface area contributed by atoms with Crippen LogP contribution in [0.25, 0.3) is 0 Å². The highest BCUT2D eigenvalue weighted by Crippen LogP contribution is 2.21. The number of hydrogen-bond acceptors (Lipinski definition) is 6. The first-order valence-corrected chi connectivity index (χ1v) is 10.8. The minimum atomic E-state index is -0.459. The van der Waals surface area contributed by atoms with Gasteiger partial charge in [0.15, 0.2) is 6.73 Å². The van der Waals surface area contributed by atoms with Gasteiger partial charge in [0.1, 0.15) is 17.1 Å². The van der Waals surface area contributed by atoms with Crippen molar-refractivity contribution in [2.75, 3.05) is 10.6 Å². The summed E-state index contributed by atoms with van der Waals surface area (Å²) in [5, 5.41) is 18.7. The molecule has 12 heteroatoms. The molecule has 3 aromatic heterocycles. The van der Waals surface area contributed by atoms with Gasteiger partial charge in [-0.1, -0.05) is 11.6 Å². The molecule has 0 radical (unpaired) electrons. The number of carbonyl (C=O) groups is 2. The predicted molar refractivity (Wildman–Crippen MR) is 126 cm³/mol. The molecule has 0 unspecified atom stereocenters. The van der Waals surface area contributed by atoms with Crippen molar-refractivity contribution in [3.8, 4) is 5.75 Å². The maximum atomic E-state index is 13.0. The molecular weight excluding hydrogens is 460 g/mol. The van der Waals surface area contributed by atoms with Crippen LogP contribution in [0.4, 0.5) is 11.4 Å². The van der Waals surface area contributed by atoms with E-state index in [1.807, 2.05) is 13.8 Å². The maximum absolute atomic E-state index is 13.0. The summed E-state index contributed by atoms with van der Waals surface area (Å²) in [6, 6.07) is 8.42. The Kier molecular flexibility index (Phi) is 6.64. The Labute approximate surface area is 200 Å². The van der Waals surface area contributed by atoms with Gasteiger partial charge in [0.25, 0.3) is 11.8 Å². The molecule has 0 fully saturated rings. The number of aryl methyl sites for hydroxylation is 2. The number of anilines is 2. The van der Waals surface area contributed by atoms with Gasteiger partial charge < -0.3 is 15.4 Å². The zero-order chi connectivity index (χ0) is 24.2. The number of benzene rings is 1. The number of ether oxygens (including phenoxy) is 1. The van der Waals surface area contributed by atoms with Gasteiger partial charge in [-0.15, -0.1) is 0 Å². The summed E-state index contributed by atoms with van der Waals surface area (Å²) in [6.07, 6.45) is 4.50. The van der Waals surface area contributed by atoms with Crippen LogP contribution in [0.2, 0.25) is 5.02 Å². The van der Waals surface area contributed by atoms with Crippen LogP contribution in [0.5, 0.6) is 5.75 Å². The zero-order valence-electron chi connectivity index (χ0n) is 18.8. The Bertz CT molecular complexity index is 1320. The summed E-state index contributed by atoms with van der Waals surface area (Å²) in [7, 11) is 1.78. The topological polar surface area (TPSA) is 121 Å². The smallest absolute Gasteiger partial charge is 0.276 e. The lowest BCUT2D eigenvalue weighted by Crippen LogP contribution is -2.23. The molecule has 4 aromatic rings. The predicted octanol–water partition coefficient (Wildman–Crippen LogP) is 3.34. The van der Waals surface area contributed by atoms with Crippen molar-refractivity contribution in [1.29, 1.82) is 0 Å². The number of amides is 2. The van der Waals surface area contributed by atoms with E-state index < -0.39 is 11.8 Å². The molecular formula is C22H23ClN8O3. The average Bonchev–Trinajstić information content (AvgIpc) is 3.54. The highest BCUT2D eigenvalue weighted by Gasteiger charge is 2.22. The largest absolute Gasteiger partial charge is 0.471 e. The van der Waals surface area contributed by atoms with Gasteiger partial charge >= 0.3 is 0 Å². The van der Waals surface area contributed by atoms with Gasteiger partial charge in [-0.3, -0.25) is 19.0 Å². The lowest BCUT2D eigenvalue weighted by Gasteiger charge is -2.11. The molecule has 1 aromatic carbocycles. The van der Waals surface area contributed by atoms with Gasteiger partial charge in [-0.2, -0.15) is 15.3 Å². The molecule has 176 valence electrons. The standard InChI is InChI=1S/C22H23ClN8O3/c1-4-30-20(22(33)27-17-11-25-29(3)14(17)2)18(12-26-30)28-21(32)19-9-10-24-31(19)13-34-16-7-5-15(23)6-8-16/h5-12H,4,13H2,1-3H3,(H,27,33)(H,28,32). The minimum Gasteiger partial charge on any atom is -0.471 e. The van der Waals surface area contributed by atoms with E-state index in [9.17, 15) is 9.59 Å². The van der Waals surface area contributed by atoms with E-state index in [0.717, 1.165) is 5.69 Å². The third kappa shape index (κ3) is 4.79. The van der Waals surface area contributed by atoms with E-state index in [-0.39, 0.29) is 23.8 Å². The Morgan fingerprint density at radius 3 is 2.35 bits per heavy atom. The molecule has 0 spiro atoms. The summed E-state index contributed by atoms with van der Waals surface area (Å²) in [5.74, 6) is -0.287. The summed E-state index contributed by atoms with van der Waals surface area (Å²) in [4.78, 5) is 26.1. The van der Waals surface area contributed by atoms with Crippen molar-refractivity contribution >= 4 is 34.8 Å². The molecule has 3 heterocycles. The molecule has 0 bridgehead atoms. The van der Waals surface area contributed by atoms with Crippen LogP contribution < -0.4 is 15.4 Å². The van der Waals surface area contributed by atoms with E-state index in [4.69, 9.17) is 16.3 Å². The molecule has 11 nitrogen and oxygen atoms in total. The molecule has 0 saturated carbocycles. The second-order valence-electron chi connectivity index (χ2n) is 7.34. The van der Waals surface area contributed by atoms with Gasteiger partial charge in [0.2, 0.25) is 0 Å². The summed E-state index contributed by atoms with van der Waals surface area (Å²) < 4.78 is 10.3. The van der Waals surface area contributed by atoms with E-state index in [1.165, 1.54) is 21.8 Å². The molecule has 2 N–H and O–H groups in total. The van der Waals surface area contributed by atoms with Crippen molar-refractivity contribution in [3.63, 3.8) is 0 Å². The SMILES string of the molecule is CCn1ncc(NC(=O)c2ccnn2COc2ccc(Cl)cc2)c1C(=O)Nc1cnn(C)c1C. The van der Waals surface area contributed by atoms with Crippen molar-refractivity contribution in [2.24, 2.45) is 7.05 Å². The van der Waals surface area contributed by atoms with Crippen molar-refractivity contribution in [3.05, 3.63) is 71.0 Å². The van der Waals surface area contributed by atoms with E-state index in [1.54, 1.807) is 48.3 Å². The molecule has 4 rings (SSSR count). The molecule has 2 amide bonds. The number of carbonyl (C=O) groups excluding carboxylic acids is 2. The Hall–Kier alpha value is -4.12. The maximum Gasteiger partial charge on any atom is 0.276 e. The van der Waals surface area contributed by atoms with Crippen LogP contribution in [-0.2, 0) is 20.3 Å². The highest BCUT2D eigenvalue weighted by atomic mass is 35.5. The Morgan fingerprint density at radius 2 is 1.68 bits per heavy atom. The lowest BCUT2D eigenvalue weighted by atomic mass is 10.3. The summed E-state index contributed by atoms with van der Waals surface area (Å²) >= 11 is 5.89. The fourth-order valence-corrected chi connectivity index (χ4v) is 3.37. The van der Waals surface area contributed by atoms with Crippen LogP contribution in [0.3, 0.4) is 0 Å². The van der Waals surface area contributed by atoms with E-state index >= 15 is 0 Å². The van der Waals surface area contributed by atoms with Crippen LogP contribution in [0.15, 0.2) is 48.9 Å². The Morgan fingerprint density at radius 1 is 0.971 bits per heavy atom. The Balaban J connectivity index is 1.50. The molecule has 0 aliphatic heterocycles. The minimum absolute atomic E-state index is 0.0131. The second kappa shape index (κ2) is 9.79. The van der Waals surface area contributed by atoms with Crippen LogP contribution >= 0.6 is 11.6 Å². The van der Waals surface area contributed by atoms with Gasteiger partial charge in [-0.05, 0) is 44.2 Å². The van der Waals surface area contributed by atoms with Gasteiger partial charge in [-0.25, -0.2) is 4.68 Å². The number of rotatable bonds is 8. The monoisotopic (exact) mass is 482 g/mol. The third-order valence-corrected chi connectivity index (χ3v) is 5.45. The van der Waals surface area contributed by atoms with Crippen LogP contribution in [-0.4, -0.2) is 41.2 Å². The number of hydrogen-bond donors (Lipinski definition) is 2. The number of aromatic nitrogens is 6. The fourth-order valence-electron chi connectivity index (χ4n) is 3.24.